The van der Waals surface area contributed by atoms with Crippen molar-refractivity contribution in [1.82, 2.24) is 15.6 Å². The maximum absolute atomic E-state index is 12.2. The van der Waals surface area contributed by atoms with Gasteiger partial charge in [-0.15, -0.1) is 0 Å². The van der Waals surface area contributed by atoms with Crippen LogP contribution in [0.5, 0.6) is 5.88 Å². The molecule has 2 aliphatic rings. The molecule has 0 bridgehead atoms. The highest BCUT2D eigenvalue weighted by Crippen LogP contribution is 2.26. The summed E-state index contributed by atoms with van der Waals surface area (Å²) in [5.74, 6) is 1.37. The van der Waals surface area contributed by atoms with Crippen molar-refractivity contribution >= 4 is 6.03 Å². The molecule has 2 heterocycles. The molecule has 1 saturated heterocycles. The van der Waals surface area contributed by atoms with Gasteiger partial charge in [-0.3, -0.25) is 0 Å². The van der Waals surface area contributed by atoms with Crippen molar-refractivity contribution in [2.24, 2.45) is 5.92 Å². The number of hydrogen-bond acceptors (Lipinski definition) is 4. The molecule has 0 radical (unpaired) electrons. The Balaban J connectivity index is 1.43. The summed E-state index contributed by atoms with van der Waals surface area (Å²) in [6, 6.07) is 4.03. The van der Waals surface area contributed by atoms with Crippen LogP contribution < -0.4 is 15.4 Å². The molecule has 2 amide bonds. The van der Waals surface area contributed by atoms with Crippen LogP contribution in [0, 0.1) is 5.92 Å². The number of amides is 2. The molecule has 2 unspecified atom stereocenters. The minimum absolute atomic E-state index is 0.0875. The summed E-state index contributed by atoms with van der Waals surface area (Å²) in [7, 11) is 0. The Bertz CT molecular complexity index is 575. The van der Waals surface area contributed by atoms with Crippen molar-refractivity contribution in [3.8, 4) is 5.88 Å². The van der Waals surface area contributed by atoms with Crippen LogP contribution in [0.25, 0.3) is 0 Å². The van der Waals surface area contributed by atoms with Gasteiger partial charge in [0.25, 0.3) is 0 Å². The zero-order chi connectivity index (χ0) is 18.2. The van der Waals surface area contributed by atoms with E-state index in [-0.39, 0.29) is 12.1 Å². The van der Waals surface area contributed by atoms with Crippen molar-refractivity contribution in [2.75, 3.05) is 13.2 Å². The van der Waals surface area contributed by atoms with Crippen LogP contribution in [0.4, 0.5) is 4.79 Å². The fourth-order valence-electron chi connectivity index (χ4n) is 3.80. The lowest BCUT2D eigenvalue weighted by Crippen LogP contribution is -2.43. The second kappa shape index (κ2) is 9.76. The standard InChI is InChI=1S/C20H31N3O3/c1-2-15-4-3-5-17(12-15)23-20(24)22-14-16-6-9-21-19(13-16)26-18-7-10-25-11-8-18/h6,9,13,15,17-18H,2-5,7-8,10-12,14H2,1H3,(H2,22,23,24). The largest absolute Gasteiger partial charge is 0.474 e. The average Bonchev–Trinajstić information content (AvgIpc) is 2.68. The molecule has 6 heteroatoms. The van der Waals surface area contributed by atoms with Crippen LogP contribution >= 0.6 is 0 Å². The molecule has 1 aliphatic carbocycles. The predicted octanol–water partition coefficient (Wildman–Crippen LogP) is 3.41. The third kappa shape index (κ3) is 5.87. The normalized spacial score (nSPS) is 24.0. The van der Waals surface area contributed by atoms with Crippen LogP contribution in [0.2, 0.25) is 0 Å². The molecule has 1 aliphatic heterocycles. The van der Waals surface area contributed by atoms with Crippen LogP contribution in [0.15, 0.2) is 18.3 Å². The summed E-state index contributed by atoms with van der Waals surface area (Å²) in [6.07, 6.45) is 9.58. The molecule has 2 N–H and O–H groups in total. The van der Waals surface area contributed by atoms with E-state index in [0.717, 1.165) is 50.4 Å². The summed E-state index contributed by atoms with van der Waals surface area (Å²) >= 11 is 0. The van der Waals surface area contributed by atoms with Gasteiger partial charge in [0.05, 0.1) is 13.2 Å². The highest BCUT2D eigenvalue weighted by atomic mass is 16.5. The average molecular weight is 361 g/mol. The molecule has 1 aromatic heterocycles. The van der Waals surface area contributed by atoms with Crippen LogP contribution in [0.3, 0.4) is 0 Å². The van der Waals surface area contributed by atoms with E-state index in [1.807, 2.05) is 12.1 Å². The lowest BCUT2D eigenvalue weighted by atomic mass is 9.84. The van der Waals surface area contributed by atoms with Crippen molar-refractivity contribution in [1.29, 1.82) is 0 Å². The number of ether oxygens (including phenoxy) is 2. The minimum atomic E-state index is -0.0875. The van der Waals surface area contributed by atoms with E-state index >= 15 is 0 Å². The number of aromatic nitrogens is 1. The number of hydrogen-bond donors (Lipinski definition) is 2. The second-order valence-electron chi connectivity index (χ2n) is 7.40. The van der Waals surface area contributed by atoms with E-state index in [2.05, 4.69) is 22.5 Å². The molecule has 26 heavy (non-hydrogen) atoms. The molecule has 144 valence electrons. The topological polar surface area (TPSA) is 72.5 Å². The summed E-state index contributed by atoms with van der Waals surface area (Å²) in [6.45, 7) is 4.19. The quantitative estimate of drug-likeness (QED) is 0.814. The molecule has 6 nitrogen and oxygen atoms in total. The molecule has 2 fully saturated rings. The molecule has 3 rings (SSSR count). The number of urea groups is 1. The highest BCUT2D eigenvalue weighted by Gasteiger charge is 2.22. The molecule has 0 aromatic carbocycles. The third-order valence-corrected chi connectivity index (χ3v) is 5.40. The Morgan fingerprint density at radius 2 is 2.15 bits per heavy atom. The van der Waals surface area contributed by atoms with E-state index in [1.165, 1.54) is 19.3 Å². The Kier molecular flexibility index (Phi) is 7.12. The first-order chi connectivity index (χ1) is 12.7. The monoisotopic (exact) mass is 361 g/mol. The summed E-state index contributed by atoms with van der Waals surface area (Å²) in [5, 5.41) is 6.08. The van der Waals surface area contributed by atoms with Crippen LogP contribution in [0.1, 0.15) is 57.4 Å². The van der Waals surface area contributed by atoms with Crippen LogP contribution in [-0.4, -0.2) is 36.4 Å². The summed E-state index contributed by atoms with van der Waals surface area (Å²) < 4.78 is 11.3. The summed E-state index contributed by atoms with van der Waals surface area (Å²) in [4.78, 5) is 16.5. The maximum Gasteiger partial charge on any atom is 0.315 e. The molecular weight excluding hydrogens is 330 g/mol. The predicted molar refractivity (Wildman–Crippen MR) is 100 cm³/mol. The Morgan fingerprint density at radius 3 is 2.96 bits per heavy atom. The molecule has 1 saturated carbocycles. The summed E-state index contributed by atoms with van der Waals surface area (Å²) in [5.41, 5.74) is 0.993. The number of nitrogens with zero attached hydrogens (tertiary/aromatic N) is 1. The van der Waals surface area contributed by atoms with Gasteiger partial charge in [-0.2, -0.15) is 0 Å². The third-order valence-electron chi connectivity index (χ3n) is 5.40. The highest BCUT2D eigenvalue weighted by molar-refractivity contribution is 5.74. The van der Waals surface area contributed by atoms with Gasteiger partial charge in [0, 0.05) is 37.7 Å². The SMILES string of the molecule is CCC1CCCC(NC(=O)NCc2ccnc(OC3CCOCC3)c2)C1. The fraction of sp³-hybridized carbons (Fsp3) is 0.700. The number of pyridine rings is 1. The fourth-order valence-corrected chi connectivity index (χ4v) is 3.80. The molecule has 0 spiro atoms. The van der Waals surface area contributed by atoms with Gasteiger partial charge < -0.3 is 20.1 Å². The molecule has 2 atom stereocenters. The van der Waals surface area contributed by atoms with Gasteiger partial charge in [0.1, 0.15) is 6.10 Å². The number of nitrogens with one attached hydrogen (secondary N) is 2. The second-order valence-corrected chi connectivity index (χ2v) is 7.40. The Labute approximate surface area is 156 Å². The van der Waals surface area contributed by atoms with E-state index in [4.69, 9.17) is 9.47 Å². The molecular formula is C20H31N3O3. The van der Waals surface area contributed by atoms with Crippen molar-refractivity contribution in [2.45, 2.75) is 70.6 Å². The van der Waals surface area contributed by atoms with Gasteiger partial charge in [-0.1, -0.05) is 26.2 Å². The Morgan fingerprint density at radius 1 is 1.31 bits per heavy atom. The lowest BCUT2D eigenvalue weighted by Gasteiger charge is -2.29. The zero-order valence-electron chi connectivity index (χ0n) is 15.7. The van der Waals surface area contributed by atoms with Crippen molar-refractivity contribution in [3.05, 3.63) is 23.9 Å². The van der Waals surface area contributed by atoms with Gasteiger partial charge in [0.15, 0.2) is 0 Å². The van der Waals surface area contributed by atoms with Gasteiger partial charge in [0.2, 0.25) is 5.88 Å². The number of carbonyl (C=O) groups is 1. The number of rotatable bonds is 6. The van der Waals surface area contributed by atoms with E-state index in [1.54, 1.807) is 6.20 Å². The first-order valence-corrected chi connectivity index (χ1v) is 9.96. The first kappa shape index (κ1) is 19.0. The van der Waals surface area contributed by atoms with Crippen molar-refractivity contribution < 1.29 is 14.3 Å². The number of carbonyl (C=O) groups excluding carboxylic acids is 1. The lowest BCUT2D eigenvalue weighted by molar-refractivity contribution is 0.0237. The Hall–Kier alpha value is -1.82. The van der Waals surface area contributed by atoms with Gasteiger partial charge in [-0.05, 0) is 30.4 Å². The first-order valence-electron chi connectivity index (χ1n) is 9.96. The maximum atomic E-state index is 12.2. The smallest absolute Gasteiger partial charge is 0.315 e. The van der Waals surface area contributed by atoms with Gasteiger partial charge >= 0.3 is 6.03 Å². The van der Waals surface area contributed by atoms with Crippen molar-refractivity contribution in [3.63, 3.8) is 0 Å². The minimum Gasteiger partial charge on any atom is -0.474 e. The zero-order valence-corrected chi connectivity index (χ0v) is 15.7. The molecule has 1 aromatic rings. The van der Waals surface area contributed by atoms with Crippen LogP contribution in [-0.2, 0) is 11.3 Å². The van der Waals surface area contributed by atoms with Gasteiger partial charge in [-0.25, -0.2) is 9.78 Å². The van der Waals surface area contributed by atoms with E-state index in [0.29, 0.717) is 18.5 Å². The van der Waals surface area contributed by atoms with E-state index < -0.39 is 0 Å². The van der Waals surface area contributed by atoms with E-state index in [9.17, 15) is 4.79 Å².